The summed E-state index contributed by atoms with van der Waals surface area (Å²) in [6.07, 6.45) is 0. The van der Waals surface area contributed by atoms with Crippen LogP contribution in [0.3, 0.4) is 0 Å². The lowest BCUT2D eigenvalue weighted by atomic mass is 10.0. The van der Waals surface area contributed by atoms with Crippen molar-refractivity contribution in [2.75, 3.05) is 21.3 Å². The minimum Gasteiger partial charge on any atom is -0.497 e. The number of amides is 1. The molecule has 0 atom stereocenters. The van der Waals surface area contributed by atoms with Gasteiger partial charge in [-0.25, -0.2) is 5.43 Å². The highest BCUT2D eigenvalue weighted by Gasteiger charge is 2.10. The third kappa shape index (κ3) is 4.06. The lowest BCUT2D eigenvalue weighted by molar-refractivity contribution is 0.0954. The molecule has 0 unspecified atom stereocenters. The lowest BCUT2D eigenvalue weighted by Gasteiger charge is -2.09. The van der Waals surface area contributed by atoms with Gasteiger partial charge in [0.25, 0.3) is 5.91 Å². The first-order valence-electron chi connectivity index (χ1n) is 8.70. The number of nitrogens with zero attached hydrogens (tertiary/aromatic N) is 1. The second-order valence-corrected chi connectivity index (χ2v) is 6.14. The van der Waals surface area contributed by atoms with Crippen molar-refractivity contribution in [1.82, 2.24) is 5.43 Å². The summed E-state index contributed by atoms with van der Waals surface area (Å²) in [6.45, 7) is 1.85. The molecule has 0 fully saturated rings. The largest absolute Gasteiger partial charge is 0.497 e. The molecule has 3 rings (SSSR count). The highest BCUT2D eigenvalue weighted by atomic mass is 16.5. The van der Waals surface area contributed by atoms with Gasteiger partial charge in [0, 0.05) is 5.56 Å². The fourth-order valence-electron chi connectivity index (χ4n) is 2.82. The summed E-state index contributed by atoms with van der Waals surface area (Å²) in [5.41, 5.74) is 4.64. The van der Waals surface area contributed by atoms with Crippen LogP contribution in [0.1, 0.15) is 22.8 Å². The van der Waals surface area contributed by atoms with Crippen molar-refractivity contribution in [3.63, 3.8) is 0 Å². The second kappa shape index (κ2) is 8.43. The van der Waals surface area contributed by atoms with E-state index in [4.69, 9.17) is 14.2 Å². The van der Waals surface area contributed by atoms with Crippen LogP contribution in [-0.2, 0) is 0 Å². The Hall–Kier alpha value is -3.54. The number of carbonyl (C=O) groups is 1. The van der Waals surface area contributed by atoms with Gasteiger partial charge in [0.15, 0.2) is 11.5 Å². The summed E-state index contributed by atoms with van der Waals surface area (Å²) >= 11 is 0. The van der Waals surface area contributed by atoms with Gasteiger partial charge in [-0.05, 0) is 59.7 Å². The number of benzene rings is 3. The van der Waals surface area contributed by atoms with E-state index in [2.05, 4.69) is 10.5 Å². The molecule has 6 nitrogen and oxygen atoms in total. The second-order valence-electron chi connectivity index (χ2n) is 6.14. The van der Waals surface area contributed by atoms with Gasteiger partial charge in [0.2, 0.25) is 0 Å². The lowest BCUT2D eigenvalue weighted by Crippen LogP contribution is -2.19. The van der Waals surface area contributed by atoms with E-state index in [0.29, 0.717) is 22.8 Å². The van der Waals surface area contributed by atoms with Crippen LogP contribution >= 0.6 is 0 Å². The number of ether oxygens (including phenoxy) is 3. The number of hydrogen-bond acceptors (Lipinski definition) is 5. The molecule has 1 N–H and O–H groups in total. The number of hydrogen-bond donors (Lipinski definition) is 1. The van der Waals surface area contributed by atoms with E-state index in [9.17, 15) is 4.79 Å². The number of nitrogens with one attached hydrogen (secondary N) is 1. The molecule has 3 aromatic carbocycles. The summed E-state index contributed by atoms with van der Waals surface area (Å²) in [7, 11) is 4.72. The summed E-state index contributed by atoms with van der Waals surface area (Å²) in [6, 6.07) is 16.8. The Morgan fingerprint density at radius 3 is 2.18 bits per heavy atom. The van der Waals surface area contributed by atoms with E-state index in [1.165, 1.54) is 7.11 Å². The highest BCUT2D eigenvalue weighted by molar-refractivity contribution is 6.03. The fourth-order valence-corrected chi connectivity index (χ4v) is 2.82. The first kappa shape index (κ1) is 19.2. The molecular formula is C22H22N2O4. The Morgan fingerprint density at radius 1 is 0.786 bits per heavy atom. The summed E-state index contributed by atoms with van der Waals surface area (Å²) in [5, 5.41) is 6.37. The molecule has 0 aliphatic heterocycles. The molecule has 0 saturated carbocycles. The quantitative estimate of drug-likeness (QED) is 0.520. The maximum atomic E-state index is 12.4. The van der Waals surface area contributed by atoms with E-state index >= 15 is 0 Å². The van der Waals surface area contributed by atoms with E-state index in [0.717, 1.165) is 22.1 Å². The summed E-state index contributed by atoms with van der Waals surface area (Å²) in [4.78, 5) is 12.4. The van der Waals surface area contributed by atoms with Gasteiger partial charge >= 0.3 is 0 Å². The molecule has 0 bridgehead atoms. The molecule has 6 heteroatoms. The van der Waals surface area contributed by atoms with Crippen LogP contribution in [0.2, 0.25) is 0 Å². The molecule has 3 aromatic rings. The zero-order chi connectivity index (χ0) is 20.1. The van der Waals surface area contributed by atoms with Crippen LogP contribution in [0, 0.1) is 0 Å². The molecule has 0 heterocycles. The van der Waals surface area contributed by atoms with Gasteiger partial charge in [0.05, 0.1) is 27.0 Å². The fraction of sp³-hybridized carbons (Fsp3) is 0.182. The van der Waals surface area contributed by atoms with Crippen LogP contribution in [0.4, 0.5) is 0 Å². The molecule has 0 aromatic heterocycles. The maximum Gasteiger partial charge on any atom is 0.271 e. The van der Waals surface area contributed by atoms with E-state index < -0.39 is 0 Å². The summed E-state index contributed by atoms with van der Waals surface area (Å²) < 4.78 is 15.7. The predicted molar refractivity (Wildman–Crippen MR) is 110 cm³/mol. The maximum absolute atomic E-state index is 12.4. The normalized spacial score (nSPS) is 11.2. The smallest absolute Gasteiger partial charge is 0.271 e. The monoisotopic (exact) mass is 378 g/mol. The number of fused-ring (bicyclic) bond motifs is 1. The van der Waals surface area contributed by atoms with Crippen LogP contribution in [0.25, 0.3) is 10.8 Å². The molecule has 0 aliphatic carbocycles. The minimum atomic E-state index is -0.328. The van der Waals surface area contributed by atoms with Crippen molar-refractivity contribution in [2.45, 2.75) is 6.92 Å². The van der Waals surface area contributed by atoms with Crippen LogP contribution in [0.5, 0.6) is 17.2 Å². The van der Waals surface area contributed by atoms with Gasteiger partial charge in [-0.15, -0.1) is 0 Å². The van der Waals surface area contributed by atoms with Gasteiger partial charge in [0.1, 0.15) is 5.75 Å². The molecule has 0 spiro atoms. The Balaban J connectivity index is 1.78. The Bertz CT molecular complexity index is 1040. The van der Waals surface area contributed by atoms with Crippen LogP contribution < -0.4 is 19.6 Å². The zero-order valence-corrected chi connectivity index (χ0v) is 16.3. The van der Waals surface area contributed by atoms with Crippen molar-refractivity contribution in [2.24, 2.45) is 5.10 Å². The topological polar surface area (TPSA) is 69.2 Å². The molecule has 1 amide bonds. The van der Waals surface area contributed by atoms with Gasteiger partial charge in [-0.3, -0.25) is 4.79 Å². The summed E-state index contributed by atoms with van der Waals surface area (Å²) in [5.74, 6) is 1.53. The molecule has 0 radical (unpaired) electrons. The van der Waals surface area contributed by atoms with Crippen LogP contribution in [-0.4, -0.2) is 32.9 Å². The van der Waals surface area contributed by atoms with Crippen molar-refractivity contribution in [3.05, 3.63) is 65.7 Å². The number of methoxy groups -OCH3 is 3. The Morgan fingerprint density at radius 2 is 1.46 bits per heavy atom. The van der Waals surface area contributed by atoms with Crippen molar-refractivity contribution >= 4 is 22.4 Å². The highest BCUT2D eigenvalue weighted by Crippen LogP contribution is 2.27. The Labute approximate surface area is 163 Å². The van der Waals surface area contributed by atoms with Crippen molar-refractivity contribution in [1.29, 1.82) is 0 Å². The molecule has 0 saturated heterocycles. The average molecular weight is 378 g/mol. The van der Waals surface area contributed by atoms with Crippen molar-refractivity contribution in [3.8, 4) is 17.2 Å². The number of rotatable bonds is 6. The molecule has 144 valence electrons. The average Bonchev–Trinajstić information content (AvgIpc) is 2.75. The SMILES string of the molecule is COc1ccc2cc(/C(C)=N/NC(=O)c3ccc(OC)c(OC)c3)ccc2c1. The van der Waals surface area contributed by atoms with E-state index in [1.807, 2.05) is 43.3 Å². The van der Waals surface area contributed by atoms with Gasteiger partial charge in [-0.2, -0.15) is 5.10 Å². The van der Waals surface area contributed by atoms with E-state index in [-0.39, 0.29) is 5.91 Å². The minimum absolute atomic E-state index is 0.328. The van der Waals surface area contributed by atoms with Gasteiger partial charge < -0.3 is 14.2 Å². The van der Waals surface area contributed by atoms with Gasteiger partial charge in [-0.1, -0.05) is 18.2 Å². The standard InChI is InChI=1S/C22H22N2O4/c1-14(15-5-6-17-12-19(26-2)9-7-16(17)11-15)23-24-22(25)18-8-10-20(27-3)21(13-18)28-4/h5-13H,1-4H3,(H,24,25)/b23-14+. The number of hydrazone groups is 1. The third-order valence-electron chi connectivity index (χ3n) is 4.44. The zero-order valence-electron chi connectivity index (χ0n) is 16.3. The molecule has 28 heavy (non-hydrogen) atoms. The van der Waals surface area contributed by atoms with Crippen LogP contribution in [0.15, 0.2) is 59.7 Å². The van der Waals surface area contributed by atoms with E-state index in [1.54, 1.807) is 32.4 Å². The first-order valence-corrected chi connectivity index (χ1v) is 8.70. The first-order chi connectivity index (χ1) is 13.5. The Kier molecular flexibility index (Phi) is 5.79. The predicted octanol–water partition coefficient (Wildman–Crippen LogP) is 4.02. The third-order valence-corrected chi connectivity index (χ3v) is 4.44. The van der Waals surface area contributed by atoms with Crippen molar-refractivity contribution < 1.29 is 19.0 Å². The molecule has 0 aliphatic rings. The molecular weight excluding hydrogens is 356 g/mol. The number of carbonyl (C=O) groups excluding carboxylic acids is 1.